The number of nitrogens with zero attached hydrogens (tertiary/aromatic N) is 1. The minimum absolute atomic E-state index is 0.777. The third-order valence-electron chi connectivity index (χ3n) is 4.45. The molecule has 1 aliphatic rings. The van der Waals surface area contributed by atoms with Crippen LogP contribution in [0.1, 0.15) is 52.4 Å². The molecule has 1 saturated heterocycles. The fourth-order valence-corrected chi connectivity index (χ4v) is 3.20. The number of likely N-dealkylation sites (tertiary alicyclic amines) is 1. The number of hydrogen-bond donors (Lipinski definition) is 0. The van der Waals surface area contributed by atoms with Crippen molar-refractivity contribution in [2.45, 2.75) is 64.5 Å². The van der Waals surface area contributed by atoms with E-state index in [-0.39, 0.29) is 0 Å². The monoisotopic (exact) mass is 275 g/mol. The smallest absolute Gasteiger partial charge is 0.119 e. The van der Waals surface area contributed by atoms with Gasteiger partial charge in [0.05, 0.1) is 6.61 Å². The third kappa shape index (κ3) is 4.82. The Labute approximate surface area is 124 Å². The first-order chi connectivity index (χ1) is 9.77. The number of unbranched alkanes of at least 4 members (excludes halogenated alkanes) is 2. The van der Waals surface area contributed by atoms with Crippen LogP contribution in [0.4, 0.5) is 0 Å². The van der Waals surface area contributed by atoms with Crippen LogP contribution in [0.15, 0.2) is 30.3 Å². The van der Waals surface area contributed by atoms with Crippen molar-refractivity contribution >= 4 is 0 Å². The largest absolute Gasteiger partial charge is 0.494 e. The van der Waals surface area contributed by atoms with Crippen LogP contribution in [0.3, 0.4) is 0 Å². The molecule has 1 aliphatic heterocycles. The van der Waals surface area contributed by atoms with Crippen LogP contribution in [0, 0.1) is 0 Å². The van der Waals surface area contributed by atoms with E-state index in [0.717, 1.165) is 30.9 Å². The quantitative estimate of drug-likeness (QED) is 0.679. The van der Waals surface area contributed by atoms with Crippen molar-refractivity contribution in [3.63, 3.8) is 0 Å². The Bertz CT molecular complexity index is 355. The van der Waals surface area contributed by atoms with Gasteiger partial charge in [-0.25, -0.2) is 0 Å². The van der Waals surface area contributed by atoms with Gasteiger partial charge in [0.2, 0.25) is 0 Å². The summed E-state index contributed by atoms with van der Waals surface area (Å²) in [5, 5.41) is 0. The van der Waals surface area contributed by atoms with E-state index in [1.165, 1.54) is 38.6 Å². The van der Waals surface area contributed by atoms with Crippen LogP contribution in [0.2, 0.25) is 0 Å². The molecular formula is C18H29NO. The molecule has 2 atom stereocenters. The first-order valence-corrected chi connectivity index (χ1v) is 8.21. The zero-order valence-electron chi connectivity index (χ0n) is 13.1. The van der Waals surface area contributed by atoms with E-state index >= 15 is 0 Å². The zero-order chi connectivity index (χ0) is 14.2. The number of piperidine rings is 1. The van der Waals surface area contributed by atoms with Crippen LogP contribution in [0.5, 0.6) is 5.75 Å². The molecule has 0 saturated carbocycles. The Kier molecular flexibility index (Phi) is 6.38. The molecule has 1 fully saturated rings. The average Bonchev–Trinajstić information content (AvgIpc) is 2.46. The molecule has 0 bridgehead atoms. The Hall–Kier alpha value is -1.02. The Balaban J connectivity index is 1.55. The molecular weight excluding hydrogens is 246 g/mol. The van der Waals surface area contributed by atoms with Crippen LogP contribution in [-0.2, 0) is 0 Å². The SMILES string of the molecule is C[C@@H]1CCC[C@H](C)N1CCCCCOc1ccccc1. The van der Waals surface area contributed by atoms with Gasteiger partial charge in [-0.15, -0.1) is 0 Å². The summed E-state index contributed by atoms with van der Waals surface area (Å²) in [5.74, 6) is 0.991. The van der Waals surface area contributed by atoms with Gasteiger partial charge in [0.15, 0.2) is 0 Å². The molecule has 0 amide bonds. The topological polar surface area (TPSA) is 12.5 Å². The van der Waals surface area contributed by atoms with E-state index < -0.39 is 0 Å². The standard InChI is InChI=1S/C18H29NO/c1-16-10-9-11-17(2)19(16)14-7-4-8-15-20-18-12-5-3-6-13-18/h3,5-6,12-13,16-17H,4,7-11,14-15H2,1-2H3/t16-,17+. The van der Waals surface area contributed by atoms with Crippen LogP contribution < -0.4 is 4.74 Å². The van der Waals surface area contributed by atoms with E-state index in [2.05, 4.69) is 18.7 Å². The Morgan fingerprint density at radius 2 is 1.70 bits per heavy atom. The zero-order valence-corrected chi connectivity index (χ0v) is 13.1. The summed E-state index contributed by atoms with van der Waals surface area (Å²) in [6.45, 7) is 6.87. The Morgan fingerprint density at radius 1 is 1.00 bits per heavy atom. The fraction of sp³-hybridized carbons (Fsp3) is 0.667. The first-order valence-electron chi connectivity index (χ1n) is 8.21. The summed E-state index contributed by atoms with van der Waals surface area (Å²) in [6, 6.07) is 11.7. The highest BCUT2D eigenvalue weighted by Crippen LogP contribution is 2.22. The molecule has 0 N–H and O–H groups in total. The second kappa shape index (κ2) is 8.31. The molecule has 112 valence electrons. The lowest BCUT2D eigenvalue weighted by atomic mass is 9.97. The molecule has 0 spiro atoms. The first kappa shape index (κ1) is 15.4. The minimum atomic E-state index is 0.777. The molecule has 1 aromatic rings. The van der Waals surface area contributed by atoms with Gasteiger partial charge >= 0.3 is 0 Å². The molecule has 2 heteroatoms. The minimum Gasteiger partial charge on any atom is -0.494 e. The van der Waals surface area contributed by atoms with Gasteiger partial charge in [-0.3, -0.25) is 4.90 Å². The maximum absolute atomic E-state index is 5.73. The molecule has 1 aromatic carbocycles. The summed E-state index contributed by atoms with van der Waals surface area (Å²) in [7, 11) is 0. The number of ether oxygens (including phenoxy) is 1. The van der Waals surface area contributed by atoms with Crippen LogP contribution in [-0.4, -0.2) is 30.1 Å². The molecule has 1 heterocycles. The normalized spacial score (nSPS) is 23.7. The third-order valence-corrected chi connectivity index (χ3v) is 4.45. The average molecular weight is 275 g/mol. The van der Waals surface area contributed by atoms with Gasteiger partial charge < -0.3 is 4.74 Å². The second-order valence-electron chi connectivity index (χ2n) is 6.09. The maximum Gasteiger partial charge on any atom is 0.119 e. The molecule has 0 radical (unpaired) electrons. The molecule has 2 rings (SSSR count). The lowest BCUT2D eigenvalue weighted by Crippen LogP contribution is -2.44. The Morgan fingerprint density at radius 3 is 2.40 bits per heavy atom. The molecule has 0 unspecified atom stereocenters. The molecule has 2 nitrogen and oxygen atoms in total. The van der Waals surface area contributed by atoms with Crippen molar-refractivity contribution in [3.8, 4) is 5.75 Å². The van der Waals surface area contributed by atoms with E-state index in [1.54, 1.807) is 0 Å². The van der Waals surface area contributed by atoms with Crippen molar-refractivity contribution in [2.24, 2.45) is 0 Å². The van der Waals surface area contributed by atoms with E-state index in [1.807, 2.05) is 30.3 Å². The van der Waals surface area contributed by atoms with Crippen LogP contribution in [0.25, 0.3) is 0 Å². The molecule has 0 aromatic heterocycles. The predicted molar refractivity (Wildman–Crippen MR) is 85.3 cm³/mol. The summed E-state index contributed by atoms with van der Waals surface area (Å²) in [4.78, 5) is 2.70. The number of hydrogen-bond acceptors (Lipinski definition) is 2. The lowest BCUT2D eigenvalue weighted by Gasteiger charge is -2.39. The predicted octanol–water partition coefficient (Wildman–Crippen LogP) is 4.50. The van der Waals surface area contributed by atoms with E-state index in [0.29, 0.717) is 0 Å². The van der Waals surface area contributed by atoms with Crippen molar-refractivity contribution in [3.05, 3.63) is 30.3 Å². The van der Waals surface area contributed by atoms with Gasteiger partial charge in [0.1, 0.15) is 5.75 Å². The highest BCUT2D eigenvalue weighted by molar-refractivity contribution is 5.20. The van der Waals surface area contributed by atoms with Crippen molar-refractivity contribution in [2.75, 3.05) is 13.2 Å². The molecule has 20 heavy (non-hydrogen) atoms. The highest BCUT2D eigenvalue weighted by Gasteiger charge is 2.23. The van der Waals surface area contributed by atoms with Gasteiger partial charge in [0, 0.05) is 12.1 Å². The van der Waals surface area contributed by atoms with Gasteiger partial charge in [-0.05, 0) is 64.6 Å². The summed E-state index contributed by atoms with van der Waals surface area (Å²) >= 11 is 0. The number of para-hydroxylation sites is 1. The van der Waals surface area contributed by atoms with Gasteiger partial charge in [-0.1, -0.05) is 24.6 Å². The maximum atomic E-state index is 5.73. The van der Waals surface area contributed by atoms with E-state index in [4.69, 9.17) is 4.74 Å². The number of benzene rings is 1. The van der Waals surface area contributed by atoms with Crippen molar-refractivity contribution in [1.82, 2.24) is 4.90 Å². The van der Waals surface area contributed by atoms with Gasteiger partial charge in [0.25, 0.3) is 0 Å². The van der Waals surface area contributed by atoms with Gasteiger partial charge in [-0.2, -0.15) is 0 Å². The van der Waals surface area contributed by atoms with Crippen molar-refractivity contribution < 1.29 is 4.74 Å². The summed E-state index contributed by atoms with van der Waals surface area (Å²) in [6.07, 6.45) is 7.88. The lowest BCUT2D eigenvalue weighted by molar-refractivity contribution is 0.101. The van der Waals surface area contributed by atoms with Crippen molar-refractivity contribution in [1.29, 1.82) is 0 Å². The van der Waals surface area contributed by atoms with E-state index in [9.17, 15) is 0 Å². The number of rotatable bonds is 7. The second-order valence-corrected chi connectivity index (χ2v) is 6.09. The fourth-order valence-electron chi connectivity index (χ4n) is 3.20. The molecule has 0 aliphatic carbocycles. The summed E-state index contributed by atoms with van der Waals surface area (Å²) < 4.78 is 5.73. The van der Waals surface area contributed by atoms with Crippen LogP contribution >= 0.6 is 0 Å². The summed E-state index contributed by atoms with van der Waals surface area (Å²) in [5.41, 5.74) is 0. The highest BCUT2D eigenvalue weighted by atomic mass is 16.5.